The number of likely N-dealkylation sites (tertiary alicyclic amines) is 1. The van der Waals surface area contributed by atoms with E-state index in [0.717, 1.165) is 5.56 Å². The molecule has 3 heterocycles. The van der Waals surface area contributed by atoms with Gasteiger partial charge in [0.25, 0.3) is 0 Å². The first-order chi connectivity index (χ1) is 17.3. The van der Waals surface area contributed by atoms with E-state index in [2.05, 4.69) is 15.0 Å². The first-order valence-corrected chi connectivity index (χ1v) is 11.8. The lowest BCUT2D eigenvalue weighted by Crippen LogP contribution is -2.42. The van der Waals surface area contributed by atoms with Crippen LogP contribution < -0.4 is 14.2 Å². The van der Waals surface area contributed by atoms with Crippen molar-refractivity contribution in [2.45, 2.75) is 45.8 Å². The maximum absolute atomic E-state index is 14.9. The predicted molar refractivity (Wildman–Crippen MR) is 130 cm³/mol. The second kappa shape index (κ2) is 11.2. The Labute approximate surface area is 209 Å². The second-order valence-electron chi connectivity index (χ2n) is 8.68. The van der Waals surface area contributed by atoms with Gasteiger partial charge in [0.05, 0.1) is 18.8 Å². The number of pyridine rings is 1. The smallest absolute Gasteiger partial charge is 0.410 e. The highest BCUT2D eigenvalue weighted by atomic mass is 19.1. The fourth-order valence-corrected chi connectivity index (χ4v) is 3.77. The lowest BCUT2D eigenvalue weighted by atomic mass is 10.1. The van der Waals surface area contributed by atoms with Gasteiger partial charge < -0.3 is 23.8 Å². The van der Waals surface area contributed by atoms with E-state index in [1.165, 1.54) is 19.5 Å². The quantitative estimate of drug-likeness (QED) is 0.442. The molecule has 190 valence electrons. The van der Waals surface area contributed by atoms with Crippen LogP contribution >= 0.6 is 0 Å². The van der Waals surface area contributed by atoms with Gasteiger partial charge in [0.1, 0.15) is 12.4 Å². The molecule has 1 aliphatic heterocycles. The normalized spacial score (nSPS) is 14.0. The standard InChI is InChI=1S/C26H29FN4O5/c1-16(2)34-26(32)31-11-9-20(10-12-31)35-24-17(3)25(30-15-29-24)36-22-7-5-18(13-21(22)27)19-6-8-23(33-4)28-14-19/h5-8,13-16,20H,9-12H2,1-4H3. The Morgan fingerprint density at radius 3 is 2.42 bits per heavy atom. The first-order valence-electron chi connectivity index (χ1n) is 11.8. The van der Waals surface area contributed by atoms with Crippen molar-refractivity contribution in [3.63, 3.8) is 0 Å². The monoisotopic (exact) mass is 496 g/mol. The SMILES string of the molecule is COc1ccc(-c2ccc(Oc3ncnc(OC4CCN(C(=O)OC(C)C)CC4)c3C)c(F)c2)cn1. The molecule has 10 heteroatoms. The Balaban J connectivity index is 1.40. The molecule has 2 aromatic heterocycles. The van der Waals surface area contributed by atoms with Crippen molar-refractivity contribution < 1.29 is 28.1 Å². The average molecular weight is 497 g/mol. The molecule has 3 aromatic rings. The van der Waals surface area contributed by atoms with Gasteiger partial charge in [-0.15, -0.1) is 0 Å². The summed E-state index contributed by atoms with van der Waals surface area (Å²) in [5.41, 5.74) is 1.96. The Morgan fingerprint density at radius 2 is 1.78 bits per heavy atom. The molecule has 0 unspecified atom stereocenters. The van der Waals surface area contributed by atoms with Gasteiger partial charge in [-0.3, -0.25) is 0 Å². The van der Waals surface area contributed by atoms with Crippen LogP contribution in [-0.4, -0.2) is 58.4 Å². The molecule has 0 saturated carbocycles. The highest BCUT2D eigenvalue weighted by molar-refractivity contribution is 5.68. The summed E-state index contributed by atoms with van der Waals surface area (Å²) < 4.78 is 37.0. The third-order valence-electron chi connectivity index (χ3n) is 5.72. The molecular formula is C26H29FN4O5. The number of piperidine rings is 1. The van der Waals surface area contributed by atoms with Crippen LogP contribution in [0.4, 0.5) is 9.18 Å². The zero-order valence-corrected chi connectivity index (χ0v) is 20.7. The molecule has 4 rings (SSSR count). The number of hydrogen-bond acceptors (Lipinski definition) is 8. The number of carbonyl (C=O) groups excluding carboxylic acids is 1. The van der Waals surface area contributed by atoms with Gasteiger partial charge in [-0.1, -0.05) is 6.07 Å². The fraction of sp³-hybridized carbons (Fsp3) is 0.385. The van der Waals surface area contributed by atoms with Crippen LogP contribution in [0.25, 0.3) is 11.1 Å². The van der Waals surface area contributed by atoms with Crippen molar-refractivity contribution in [2.24, 2.45) is 0 Å². The van der Waals surface area contributed by atoms with Crippen LogP contribution in [0.5, 0.6) is 23.4 Å². The van der Waals surface area contributed by atoms with Crippen LogP contribution in [0, 0.1) is 12.7 Å². The van der Waals surface area contributed by atoms with Gasteiger partial charge in [-0.2, -0.15) is 0 Å². The average Bonchev–Trinajstić information content (AvgIpc) is 2.87. The minimum absolute atomic E-state index is 0.0324. The molecule has 0 atom stereocenters. The van der Waals surface area contributed by atoms with Crippen molar-refractivity contribution in [3.05, 3.63) is 54.2 Å². The lowest BCUT2D eigenvalue weighted by molar-refractivity contribution is 0.0505. The maximum atomic E-state index is 14.9. The molecule has 1 aliphatic rings. The van der Waals surface area contributed by atoms with E-state index in [1.54, 1.807) is 42.3 Å². The van der Waals surface area contributed by atoms with Gasteiger partial charge >= 0.3 is 6.09 Å². The van der Waals surface area contributed by atoms with Crippen LogP contribution in [-0.2, 0) is 4.74 Å². The fourth-order valence-electron chi connectivity index (χ4n) is 3.77. The van der Waals surface area contributed by atoms with Crippen molar-refractivity contribution in [2.75, 3.05) is 20.2 Å². The van der Waals surface area contributed by atoms with Gasteiger partial charge in [-0.25, -0.2) is 24.1 Å². The molecule has 1 amide bonds. The van der Waals surface area contributed by atoms with E-state index < -0.39 is 5.82 Å². The largest absolute Gasteiger partial charge is 0.481 e. The number of halogens is 1. The third kappa shape index (κ3) is 5.99. The molecular weight excluding hydrogens is 467 g/mol. The number of amides is 1. The Bertz CT molecular complexity index is 1200. The highest BCUT2D eigenvalue weighted by Crippen LogP contribution is 2.32. The minimum Gasteiger partial charge on any atom is -0.481 e. The number of aromatic nitrogens is 3. The van der Waals surface area contributed by atoms with E-state index in [9.17, 15) is 9.18 Å². The predicted octanol–water partition coefficient (Wildman–Crippen LogP) is 5.18. The Morgan fingerprint density at radius 1 is 1.06 bits per heavy atom. The summed E-state index contributed by atoms with van der Waals surface area (Å²) >= 11 is 0. The number of methoxy groups -OCH3 is 1. The van der Waals surface area contributed by atoms with Crippen LogP contribution in [0.2, 0.25) is 0 Å². The number of nitrogens with zero attached hydrogens (tertiary/aromatic N) is 4. The first kappa shape index (κ1) is 25.2. The van der Waals surface area contributed by atoms with E-state index in [1.807, 2.05) is 13.8 Å². The molecule has 0 bridgehead atoms. The van der Waals surface area contributed by atoms with E-state index in [-0.39, 0.29) is 29.9 Å². The maximum Gasteiger partial charge on any atom is 0.410 e. The second-order valence-corrected chi connectivity index (χ2v) is 8.68. The van der Waals surface area contributed by atoms with Crippen LogP contribution in [0.15, 0.2) is 42.9 Å². The summed E-state index contributed by atoms with van der Waals surface area (Å²) in [6.07, 6.45) is 3.63. The number of benzene rings is 1. The molecule has 1 saturated heterocycles. The third-order valence-corrected chi connectivity index (χ3v) is 5.72. The van der Waals surface area contributed by atoms with Crippen molar-refractivity contribution in [3.8, 4) is 34.5 Å². The zero-order valence-electron chi connectivity index (χ0n) is 20.7. The Kier molecular flexibility index (Phi) is 7.82. The van der Waals surface area contributed by atoms with E-state index >= 15 is 0 Å². The molecule has 0 N–H and O–H groups in total. The number of rotatable bonds is 7. The molecule has 1 fully saturated rings. The summed E-state index contributed by atoms with van der Waals surface area (Å²) in [4.78, 5) is 26.3. The summed E-state index contributed by atoms with van der Waals surface area (Å²) in [7, 11) is 1.54. The summed E-state index contributed by atoms with van der Waals surface area (Å²) in [5.74, 6) is 0.547. The number of hydrogen-bond donors (Lipinski definition) is 0. The summed E-state index contributed by atoms with van der Waals surface area (Å²) in [6.45, 7) is 6.47. The van der Waals surface area contributed by atoms with Crippen LogP contribution in [0.1, 0.15) is 32.3 Å². The van der Waals surface area contributed by atoms with Gasteiger partial charge in [0.2, 0.25) is 17.6 Å². The van der Waals surface area contributed by atoms with Gasteiger partial charge in [-0.05, 0) is 44.5 Å². The molecule has 0 aliphatic carbocycles. The topological polar surface area (TPSA) is 95.9 Å². The summed E-state index contributed by atoms with van der Waals surface area (Å²) in [5, 5.41) is 0. The highest BCUT2D eigenvalue weighted by Gasteiger charge is 2.26. The van der Waals surface area contributed by atoms with Gasteiger partial charge in [0, 0.05) is 43.8 Å². The number of ether oxygens (including phenoxy) is 4. The van der Waals surface area contributed by atoms with E-state index in [4.69, 9.17) is 18.9 Å². The zero-order chi connectivity index (χ0) is 25.7. The minimum atomic E-state index is -0.538. The molecule has 0 spiro atoms. The molecule has 36 heavy (non-hydrogen) atoms. The number of carbonyl (C=O) groups is 1. The van der Waals surface area contributed by atoms with Crippen LogP contribution in [0.3, 0.4) is 0 Å². The van der Waals surface area contributed by atoms with Crippen molar-refractivity contribution in [1.29, 1.82) is 0 Å². The van der Waals surface area contributed by atoms with E-state index in [0.29, 0.717) is 48.8 Å². The molecule has 9 nitrogen and oxygen atoms in total. The Hall–Kier alpha value is -3.95. The molecule has 0 radical (unpaired) electrons. The molecule has 1 aromatic carbocycles. The van der Waals surface area contributed by atoms with Crippen molar-refractivity contribution in [1.82, 2.24) is 19.9 Å². The summed E-state index contributed by atoms with van der Waals surface area (Å²) in [6, 6.07) is 8.18. The van der Waals surface area contributed by atoms with Gasteiger partial charge in [0.15, 0.2) is 11.6 Å². The van der Waals surface area contributed by atoms with Crippen molar-refractivity contribution >= 4 is 6.09 Å². The lowest BCUT2D eigenvalue weighted by Gasteiger charge is -2.31.